The van der Waals surface area contributed by atoms with E-state index < -0.39 is 0 Å². The predicted octanol–water partition coefficient (Wildman–Crippen LogP) is 2.12. The smallest absolute Gasteiger partial charge is 0.0488 e. The summed E-state index contributed by atoms with van der Waals surface area (Å²) in [4.78, 5) is 6.75. The Bertz CT molecular complexity index is 360. The van der Waals surface area contributed by atoms with E-state index in [-0.39, 0.29) is 0 Å². The van der Waals surface area contributed by atoms with Crippen LogP contribution in [0.25, 0.3) is 0 Å². The van der Waals surface area contributed by atoms with Gasteiger partial charge < -0.3 is 5.73 Å². The highest BCUT2D eigenvalue weighted by Gasteiger charge is 2.28. The van der Waals surface area contributed by atoms with Crippen LogP contribution < -0.4 is 5.73 Å². The Kier molecular flexibility index (Phi) is 4.13. The molecule has 0 aromatic carbocycles. The molecule has 1 aromatic rings. The molecule has 0 radical (unpaired) electrons. The Labute approximate surface area is 104 Å². The van der Waals surface area contributed by atoms with Gasteiger partial charge in [-0.15, -0.1) is 0 Å². The second-order valence-electron chi connectivity index (χ2n) is 5.01. The van der Waals surface area contributed by atoms with Crippen LogP contribution >= 0.6 is 0 Å². The van der Waals surface area contributed by atoms with Gasteiger partial charge in [0.1, 0.15) is 0 Å². The number of hydrogen-bond acceptors (Lipinski definition) is 3. The molecule has 1 heterocycles. The molecular formula is C14H23N3. The Morgan fingerprint density at radius 2 is 2.29 bits per heavy atom. The van der Waals surface area contributed by atoms with Gasteiger partial charge in [0.2, 0.25) is 0 Å². The lowest BCUT2D eigenvalue weighted by atomic mass is 10.0. The number of pyridine rings is 1. The maximum atomic E-state index is 5.98. The van der Waals surface area contributed by atoms with Gasteiger partial charge in [-0.05, 0) is 49.4 Å². The molecule has 0 aliphatic heterocycles. The monoisotopic (exact) mass is 233 g/mol. The maximum absolute atomic E-state index is 5.98. The fourth-order valence-electron chi connectivity index (χ4n) is 2.41. The molecule has 1 saturated carbocycles. The van der Waals surface area contributed by atoms with Crippen LogP contribution in [0.15, 0.2) is 18.5 Å². The third kappa shape index (κ3) is 3.05. The van der Waals surface area contributed by atoms with E-state index in [1.54, 1.807) is 0 Å². The summed E-state index contributed by atoms with van der Waals surface area (Å²) >= 11 is 0. The molecule has 0 bridgehead atoms. The van der Waals surface area contributed by atoms with Crippen molar-refractivity contribution in [3.63, 3.8) is 0 Å². The summed E-state index contributed by atoms with van der Waals surface area (Å²) in [5.41, 5.74) is 8.56. The minimum atomic E-state index is 0.328. The van der Waals surface area contributed by atoms with Gasteiger partial charge in [0.25, 0.3) is 0 Å². The van der Waals surface area contributed by atoms with Gasteiger partial charge in [0.05, 0.1) is 0 Å². The van der Waals surface area contributed by atoms with Crippen molar-refractivity contribution >= 4 is 0 Å². The molecule has 1 unspecified atom stereocenters. The molecule has 1 atom stereocenters. The number of rotatable bonds is 6. The third-order valence-corrected chi connectivity index (χ3v) is 3.70. The van der Waals surface area contributed by atoms with E-state index >= 15 is 0 Å². The maximum Gasteiger partial charge on any atom is 0.0488 e. The molecule has 3 heteroatoms. The number of aryl methyl sites for hydroxylation is 1. The standard InChI is InChI=1S/C14H23N3/c1-3-17(10-12-4-5-12)14(8-15)13-9-16-7-6-11(13)2/h6-7,9,12,14H,3-5,8,10,15H2,1-2H3. The minimum Gasteiger partial charge on any atom is -0.329 e. The van der Waals surface area contributed by atoms with Crippen molar-refractivity contribution in [2.24, 2.45) is 11.7 Å². The Balaban J connectivity index is 2.15. The summed E-state index contributed by atoms with van der Waals surface area (Å²) in [6, 6.07) is 2.40. The van der Waals surface area contributed by atoms with E-state index in [1.807, 2.05) is 12.4 Å². The van der Waals surface area contributed by atoms with Crippen molar-refractivity contribution in [3.05, 3.63) is 29.6 Å². The van der Waals surface area contributed by atoms with Gasteiger partial charge in [-0.25, -0.2) is 0 Å². The zero-order valence-electron chi connectivity index (χ0n) is 10.9. The summed E-state index contributed by atoms with van der Waals surface area (Å²) in [5, 5.41) is 0. The van der Waals surface area contributed by atoms with Crippen LogP contribution in [0.3, 0.4) is 0 Å². The van der Waals surface area contributed by atoms with Gasteiger partial charge >= 0.3 is 0 Å². The molecule has 94 valence electrons. The lowest BCUT2D eigenvalue weighted by Gasteiger charge is -2.31. The minimum absolute atomic E-state index is 0.328. The summed E-state index contributed by atoms with van der Waals surface area (Å²) in [6.45, 7) is 7.29. The quantitative estimate of drug-likeness (QED) is 0.818. The van der Waals surface area contributed by atoms with Gasteiger partial charge in [-0.2, -0.15) is 0 Å². The Hall–Kier alpha value is -0.930. The zero-order valence-corrected chi connectivity index (χ0v) is 10.9. The highest BCUT2D eigenvalue weighted by molar-refractivity contribution is 5.25. The average Bonchev–Trinajstić information content (AvgIpc) is 3.15. The molecule has 0 saturated heterocycles. The molecule has 1 fully saturated rings. The molecule has 1 aliphatic rings. The largest absolute Gasteiger partial charge is 0.329 e. The normalized spacial score (nSPS) is 17.4. The van der Waals surface area contributed by atoms with Crippen LogP contribution in [0.2, 0.25) is 0 Å². The fraction of sp³-hybridized carbons (Fsp3) is 0.643. The second-order valence-corrected chi connectivity index (χ2v) is 5.01. The molecule has 0 amide bonds. The summed E-state index contributed by atoms with van der Waals surface area (Å²) in [7, 11) is 0. The van der Waals surface area contributed by atoms with E-state index in [0.29, 0.717) is 12.6 Å². The fourth-order valence-corrected chi connectivity index (χ4v) is 2.41. The van der Waals surface area contributed by atoms with E-state index in [1.165, 1.54) is 30.5 Å². The van der Waals surface area contributed by atoms with Gasteiger partial charge in [-0.3, -0.25) is 9.88 Å². The predicted molar refractivity (Wildman–Crippen MR) is 70.7 cm³/mol. The van der Waals surface area contributed by atoms with Gasteiger partial charge in [-0.1, -0.05) is 6.92 Å². The van der Waals surface area contributed by atoms with Crippen molar-refractivity contribution in [3.8, 4) is 0 Å². The number of nitrogens with zero attached hydrogens (tertiary/aromatic N) is 2. The molecule has 0 spiro atoms. The van der Waals surface area contributed by atoms with Crippen LogP contribution in [-0.2, 0) is 0 Å². The van der Waals surface area contributed by atoms with Crippen LogP contribution in [0.4, 0.5) is 0 Å². The number of aromatic nitrogens is 1. The van der Waals surface area contributed by atoms with E-state index in [0.717, 1.165) is 12.5 Å². The lowest BCUT2D eigenvalue weighted by molar-refractivity contribution is 0.202. The molecular weight excluding hydrogens is 210 g/mol. The van der Waals surface area contributed by atoms with Crippen LogP contribution in [0.5, 0.6) is 0 Å². The SMILES string of the molecule is CCN(CC1CC1)C(CN)c1cnccc1C. The highest BCUT2D eigenvalue weighted by Crippen LogP contribution is 2.32. The number of likely N-dealkylation sites (N-methyl/N-ethyl adjacent to an activating group) is 1. The zero-order chi connectivity index (χ0) is 12.3. The molecule has 3 nitrogen and oxygen atoms in total. The summed E-state index contributed by atoms with van der Waals surface area (Å²) < 4.78 is 0. The molecule has 1 aliphatic carbocycles. The Morgan fingerprint density at radius 3 is 2.82 bits per heavy atom. The first-order valence-electron chi connectivity index (χ1n) is 6.60. The van der Waals surface area contributed by atoms with Crippen LogP contribution in [-0.4, -0.2) is 29.5 Å². The van der Waals surface area contributed by atoms with Gasteiger partial charge in [0.15, 0.2) is 0 Å². The van der Waals surface area contributed by atoms with Crippen molar-refractivity contribution in [2.75, 3.05) is 19.6 Å². The molecule has 17 heavy (non-hydrogen) atoms. The summed E-state index contributed by atoms with van der Waals surface area (Å²) in [5.74, 6) is 0.904. The van der Waals surface area contributed by atoms with Crippen molar-refractivity contribution in [1.29, 1.82) is 0 Å². The summed E-state index contributed by atoms with van der Waals surface area (Å²) in [6.07, 6.45) is 6.60. The van der Waals surface area contributed by atoms with Crippen LogP contribution in [0.1, 0.15) is 36.9 Å². The van der Waals surface area contributed by atoms with E-state index in [4.69, 9.17) is 5.73 Å². The van der Waals surface area contributed by atoms with Crippen molar-refractivity contribution in [1.82, 2.24) is 9.88 Å². The second kappa shape index (κ2) is 5.61. The Morgan fingerprint density at radius 1 is 1.53 bits per heavy atom. The first kappa shape index (κ1) is 12.5. The first-order valence-corrected chi connectivity index (χ1v) is 6.60. The molecule has 2 rings (SSSR count). The first-order chi connectivity index (χ1) is 8.26. The number of nitrogens with two attached hydrogens (primary N) is 1. The van der Waals surface area contributed by atoms with Crippen LogP contribution in [0, 0.1) is 12.8 Å². The molecule has 2 N–H and O–H groups in total. The van der Waals surface area contributed by atoms with E-state index in [2.05, 4.69) is 29.8 Å². The van der Waals surface area contributed by atoms with Crippen molar-refractivity contribution in [2.45, 2.75) is 32.7 Å². The van der Waals surface area contributed by atoms with E-state index in [9.17, 15) is 0 Å². The number of hydrogen-bond donors (Lipinski definition) is 1. The average molecular weight is 233 g/mol. The van der Waals surface area contributed by atoms with Gasteiger partial charge in [0, 0.05) is 31.5 Å². The topological polar surface area (TPSA) is 42.1 Å². The molecule has 1 aromatic heterocycles. The lowest BCUT2D eigenvalue weighted by Crippen LogP contribution is -2.35. The highest BCUT2D eigenvalue weighted by atomic mass is 15.2. The van der Waals surface area contributed by atoms with Crippen molar-refractivity contribution < 1.29 is 0 Å². The third-order valence-electron chi connectivity index (χ3n) is 3.70.